The highest BCUT2D eigenvalue weighted by Crippen LogP contribution is 2.28. The average molecular weight is 384 g/mol. The largest absolute Gasteiger partial charge is 0.348 e. The lowest BCUT2D eigenvalue weighted by Crippen LogP contribution is -2.36. The first kappa shape index (κ1) is 18.1. The van der Waals surface area contributed by atoms with Crippen LogP contribution >= 0.6 is 11.3 Å². The minimum Gasteiger partial charge on any atom is -0.348 e. The molecule has 0 radical (unpaired) electrons. The van der Waals surface area contributed by atoms with Crippen LogP contribution in [0.2, 0.25) is 0 Å². The second-order valence-electron chi connectivity index (χ2n) is 7.49. The van der Waals surface area contributed by atoms with Gasteiger partial charge in [0.1, 0.15) is 0 Å². The molecule has 4 rings (SSSR count). The third-order valence-electron chi connectivity index (χ3n) is 4.87. The van der Waals surface area contributed by atoms with Crippen LogP contribution in [0.1, 0.15) is 48.1 Å². The molecule has 1 atom stereocenters. The zero-order valence-electron chi connectivity index (χ0n) is 15.8. The lowest BCUT2D eigenvalue weighted by molar-refractivity contribution is 0.0938. The maximum absolute atomic E-state index is 12.1. The van der Waals surface area contributed by atoms with E-state index in [1.165, 1.54) is 15.0 Å². The molecule has 3 aromatic rings. The number of nitrogens with zero attached hydrogens (tertiary/aromatic N) is 4. The molecule has 0 unspecified atom stereocenters. The standard InChI is InChI=1S/C20H25N5OS/c1-14(2)21-20(26)18-13-25(23-22-18)16-7-5-9-24(11-16)12-17-10-15-6-3-4-8-19(15)27-17/h3-4,6,8,10,13-14,16H,5,7,9,11-12H2,1-2H3,(H,21,26)/t16-/m1/s1. The van der Waals surface area contributed by atoms with E-state index in [0.29, 0.717) is 5.69 Å². The molecule has 1 N–H and O–H groups in total. The first-order valence-electron chi connectivity index (χ1n) is 9.51. The van der Waals surface area contributed by atoms with Gasteiger partial charge in [-0.25, -0.2) is 4.68 Å². The number of likely N-dealkylation sites (tertiary alicyclic amines) is 1. The molecule has 1 amide bonds. The van der Waals surface area contributed by atoms with E-state index >= 15 is 0 Å². The summed E-state index contributed by atoms with van der Waals surface area (Å²) >= 11 is 1.87. The molecule has 1 aliphatic rings. The summed E-state index contributed by atoms with van der Waals surface area (Å²) in [6.07, 6.45) is 3.98. The predicted octanol–water partition coefficient (Wildman–Crippen LogP) is 3.47. The third kappa shape index (κ3) is 4.20. The van der Waals surface area contributed by atoms with Gasteiger partial charge in [-0.2, -0.15) is 0 Å². The van der Waals surface area contributed by atoms with E-state index in [-0.39, 0.29) is 18.0 Å². The van der Waals surface area contributed by atoms with E-state index < -0.39 is 0 Å². The summed E-state index contributed by atoms with van der Waals surface area (Å²) in [6, 6.07) is 11.2. The van der Waals surface area contributed by atoms with Gasteiger partial charge < -0.3 is 5.32 Å². The van der Waals surface area contributed by atoms with Crippen molar-refractivity contribution in [2.45, 2.75) is 45.3 Å². The van der Waals surface area contributed by atoms with Gasteiger partial charge in [-0.3, -0.25) is 9.69 Å². The van der Waals surface area contributed by atoms with Crippen molar-refractivity contribution in [1.29, 1.82) is 0 Å². The molecule has 0 bridgehead atoms. The van der Waals surface area contributed by atoms with E-state index in [1.807, 2.05) is 29.9 Å². The molecule has 1 saturated heterocycles. The van der Waals surface area contributed by atoms with Crippen molar-refractivity contribution in [1.82, 2.24) is 25.2 Å². The Morgan fingerprint density at radius 3 is 3.04 bits per heavy atom. The molecule has 0 saturated carbocycles. The molecule has 3 heterocycles. The fraction of sp³-hybridized carbons (Fsp3) is 0.450. The number of hydrogen-bond acceptors (Lipinski definition) is 5. The molecular weight excluding hydrogens is 358 g/mol. The number of thiophene rings is 1. The molecule has 1 fully saturated rings. The fourth-order valence-electron chi connectivity index (χ4n) is 3.62. The smallest absolute Gasteiger partial charge is 0.273 e. The monoisotopic (exact) mass is 383 g/mol. The van der Waals surface area contributed by atoms with Crippen LogP contribution in [0.3, 0.4) is 0 Å². The summed E-state index contributed by atoms with van der Waals surface area (Å²) in [5.74, 6) is -0.158. The highest BCUT2D eigenvalue weighted by molar-refractivity contribution is 7.19. The molecule has 7 heteroatoms. The van der Waals surface area contributed by atoms with E-state index in [4.69, 9.17) is 0 Å². The highest BCUT2D eigenvalue weighted by atomic mass is 32.1. The Balaban J connectivity index is 1.42. The molecule has 0 aliphatic carbocycles. The minimum atomic E-state index is -0.158. The Hall–Kier alpha value is -2.25. The number of amides is 1. The summed E-state index contributed by atoms with van der Waals surface area (Å²) < 4.78 is 3.21. The summed E-state index contributed by atoms with van der Waals surface area (Å²) in [4.78, 5) is 16.0. The number of carbonyl (C=O) groups is 1. The number of hydrogen-bond donors (Lipinski definition) is 1. The number of nitrogens with one attached hydrogen (secondary N) is 1. The van der Waals surface area contributed by atoms with Crippen molar-refractivity contribution in [2.24, 2.45) is 0 Å². The molecule has 27 heavy (non-hydrogen) atoms. The lowest BCUT2D eigenvalue weighted by atomic mass is 10.1. The number of fused-ring (bicyclic) bond motifs is 1. The number of piperidine rings is 1. The Morgan fingerprint density at radius 2 is 2.22 bits per heavy atom. The van der Waals surface area contributed by atoms with Crippen molar-refractivity contribution in [3.63, 3.8) is 0 Å². The summed E-state index contributed by atoms with van der Waals surface area (Å²) in [5, 5.41) is 12.5. The second kappa shape index (κ2) is 7.78. The van der Waals surface area contributed by atoms with Crippen LogP contribution in [0.5, 0.6) is 0 Å². The van der Waals surface area contributed by atoms with Gasteiger partial charge in [-0.1, -0.05) is 23.4 Å². The summed E-state index contributed by atoms with van der Waals surface area (Å²) in [5.41, 5.74) is 0.394. The van der Waals surface area contributed by atoms with Crippen molar-refractivity contribution in [3.05, 3.63) is 47.1 Å². The van der Waals surface area contributed by atoms with Gasteiger partial charge in [0.2, 0.25) is 0 Å². The molecular formula is C20H25N5OS. The van der Waals surface area contributed by atoms with E-state index in [1.54, 1.807) is 6.20 Å². The topological polar surface area (TPSA) is 63.1 Å². The second-order valence-corrected chi connectivity index (χ2v) is 8.66. The minimum absolute atomic E-state index is 0.0918. The van der Waals surface area contributed by atoms with Gasteiger partial charge in [0.15, 0.2) is 5.69 Å². The maximum Gasteiger partial charge on any atom is 0.273 e. The quantitative estimate of drug-likeness (QED) is 0.733. The Kier molecular flexibility index (Phi) is 5.22. The number of carbonyl (C=O) groups excluding carboxylic acids is 1. The summed E-state index contributed by atoms with van der Waals surface area (Å²) in [7, 11) is 0. The molecule has 1 aliphatic heterocycles. The highest BCUT2D eigenvalue weighted by Gasteiger charge is 2.24. The van der Waals surface area contributed by atoms with Gasteiger partial charge in [0, 0.05) is 28.7 Å². The molecule has 2 aromatic heterocycles. The van der Waals surface area contributed by atoms with Crippen LogP contribution < -0.4 is 5.32 Å². The first-order valence-corrected chi connectivity index (χ1v) is 10.3. The van der Waals surface area contributed by atoms with Gasteiger partial charge in [-0.15, -0.1) is 16.4 Å². The summed E-state index contributed by atoms with van der Waals surface area (Å²) in [6.45, 7) is 6.87. The number of aromatic nitrogens is 3. The lowest BCUT2D eigenvalue weighted by Gasteiger charge is -2.32. The van der Waals surface area contributed by atoms with Crippen molar-refractivity contribution in [3.8, 4) is 0 Å². The van der Waals surface area contributed by atoms with Gasteiger partial charge in [0.25, 0.3) is 5.91 Å². The van der Waals surface area contributed by atoms with Gasteiger partial charge >= 0.3 is 0 Å². The van der Waals surface area contributed by atoms with Crippen LogP contribution in [0.15, 0.2) is 36.5 Å². The van der Waals surface area contributed by atoms with Crippen LogP contribution in [0.4, 0.5) is 0 Å². The van der Waals surface area contributed by atoms with E-state index in [0.717, 1.165) is 32.5 Å². The average Bonchev–Trinajstić information content (AvgIpc) is 3.28. The Labute approximate surface area is 163 Å². The fourth-order valence-corrected chi connectivity index (χ4v) is 4.73. The van der Waals surface area contributed by atoms with Crippen LogP contribution in [0, 0.1) is 0 Å². The SMILES string of the molecule is CC(C)NC(=O)c1cn([C@@H]2CCCN(Cc3cc4ccccc4s3)C2)nn1. The molecule has 1 aromatic carbocycles. The first-order chi connectivity index (χ1) is 13.1. The predicted molar refractivity (Wildman–Crippen MR) is 108 cm³/mol. The zero-order chi connectivity index (χ0) is 18.8. The number of rotatable bonds is 5. The van der Waals surface area contributed by atoms with Crippen molar-refractivity contribution < 1.29 is 4.79 Å². The normalized spacial score (nSPS) is 18.3. The van der Waals surface area contributed by atoms with E-state index in [2.05, 4.69) is 50.9 Å². The number of benzene rings is 1. The molecule has 0 spiro atoms. The van der Waals surface area contributed by atoms with Gasteiger partial charge in [0.05, 0.1) is 12.2 Å². The third-order valence-corrected chi connectivity index (χ3v) is 5.97. The Morgan fingerprint density at radius 1 is 1.37 bits per heavy atom. The van der Waals surface area contributed by atoms with E-state index in [9.17, 15) is 4.79 Å². The maximum atomic E-state index is 12.1. The zero-order valence-corrected chi connectivity index (χ0v) is 16.6. The van der Waals surface area contributed by atoms with Crippen molar-refractivity contribution >= 4 is 27.3 Å². The molecule has 6 nitrogen and oxygen atoms in total. The van der Waals surface area contributed by atoms with Crippen molar-refractivity contribution in [2.75, 3.05) is 13.1 Å². The van der Waals surface area contributed by atoms with Crippen LogP contribution in [0.25, 0.3) is 10.1 Å². The van der Waals surface area contributed by atoms with Crippen LogP contribution in [-0.4, -0.2) is 44.9 Å². The van der Waals surface area contributed by atoms with Gasteiger partial charge in [-0.05, 0) is 50.8 Å². The van der Waals surface area contributed by atoms with Crippen LogP contribution in [-0.2, 0) is 6.54 Å². The Bertz CT molecular complexity index is 898. The molecule has 142 valence electrons.